The van der Waals surface area contributed by atoms with Crippen molar-refractivity contribution in [2.75, 3.05) is 4.72 Å². The smallest absolute Gasteiger partial charge is 0.262 e. The molecule has 0 fully saturated rings. The van der Waals surface area contributed by atoms with E-state index in [2.05, 4.69) is 4.72 Å². The molecule has 0 aromatic heterocycles. The summed E-state index contributed by atoms with van der Waals surface area (Å²) in [6.07, 6.45) is 0. The summed E-state index contributed by atoms with van der Waals surface area (Å²) < 4.78 is 26.9. The van der Waals surface area contributed by atoms with E-state index in [0.29, 0.717) is 5.02 Å². The quantitative estimate of drug-likeness (QED) is 0.885. The van der Waals surface area contributed by atoms with Crippen molar-refractivity contribution in [3.05, 3.63) is 57.0 Å². The molecule has 4 nitrogen and oxygen atoms in total. The van der Waals surface area contributed by atoms with Crippen molar-refractivity contribution in [2.45, 2.75) is 4.90 Å². The van der Waals surface area contributed by atoms with Crippen molar-refractivity contribution in [3.63, 3.8) is 0 Å². The van der Waals surface area contributed by atoms with Crippen molar-refractivity contribution in [2.24, 2.45) is 0 Å². The van der Waals surface area contributed by atoms with E-state index in [9.17, 15) is 8.42 Å². The van der Waals surface area contributed by atoms with Crippen LogP contribution in [0.4, 0.5) is 5.69 Å². The number of nitriles is 1. The van der Waals surface area contributed by atoms with E-state index < -0.39 is 10.0 Å². The van der Waals surface area contributed by atoms with Crippen molar-refractivity contribution < 1.29 is 8.42 Å². The Morgan fingerprint density at radius 3 is 2.24 bits per heavy atom. The van der Waals surface area contributed by atoms with E-state index in [-0.39, 0.29) is 26.2 Å². The first-order chi connectivity index (χ1) is 9.83. The first-order valence-electron chi connectivity index (χ1n) is 5.51. The molecule has 21 heavy (non-hydrogen) atoms. The van der Waals surface area contributed by atoms with Crippen LogP contribution < -0.4 is 4.72 Å². The highest BCUT2D eigenvalue weighted by Crippen LogP contribution is 2.35. The minimum absolute atomic E-state index is 0.0325. The molecular weight excluding hydrogens is 355 g/mol. The van der Waals surface area contributed by atoms with Gasteiger partial charge in [-0.15, -0.1) is 0 Å². The number of anilines is 1. The maximum Gasteiger partial charge on any atom is 0.262 e. The van der Waals surface area contributed by atoms with Gasteiger partial charge in [0, 0.05) is 5.02 Å². The average Bonchev–Trinajstić information content (AvgIpc) is 2.43. The molecule has 0 aliphatic rings. The molecule has 8 heteroatoms. The van der Waals surface area contributed by atoms with Gasteiger partial charge in [0.05, 0.1) is 32.3 Å². The molecule has 0 saturated carbocycles. The summed E-state index contributed by atoms with van der Waals surface area (Å²) in [6.45, 7) is 0. The van der Waals surface area contributed by atoms with Gasteiger partial charge in [0.2, 0.25) is 0 Å². The first kappa shape index (κ1) is 15.9. The molecule has 2 aromatic carbocycles. The number of nitrogens with one attached hydrogen (secondary N) is 1. The lowest BCUT2D eigenvalue weighted by Crippen LogP contribution is -2.13. The normalized spacial score (nSPS) is 11.0. The van der Waals surface area contributed by atoms with Crippen LogP contribution in [0.25, 0.3) is 0 Å². The fraction of sp³-hybridized carbons (Fsp3) is 0. The molecule has 2 aromatic rings. The molecule has 0 radical (unpaired) electrons. The maximum absolute atomic E-state index is 12.3. The highest BCUT2D eigenvalue weighted by Gasteiger charge is 2.18. The number of benzene rings is 2. The van der Waals surface area contributed by atoms with Gasteiger partial charge < -0.3 is 0 Å². The van der Waals surface area contributed by atoms with Gasteiger partial charge in [0.15, 0.2) is 0 Å². The van der Waals surface area contributed by atoms with Crippen molar-refractivity contribution in [1.29, 1.82) is 5.26 Å². The Hall–Kier alpha value is -1.45. The van der Waals surface area contributed by atoms with Gasteiger partial charge in [0.25, 0.3) is 10.0 Å². The second-order valence-electron chi connectivity index (χ2n) is 3.99. The third-order valence-corrected chi connectivity index (χ3v) is 4.68. The predicted octanol–water partition coefficient (Wildman–Crippen LogP) is 4.32. The van der Waals surface area contributed by atoms with Crippen LogP contribution >= 0.6 is 34.8 Å². The van der Waals surface area contributed by atoms with Gasteiger partial charge in [0.1, 0.15) is 0 Å². The summed E-state index contributed by atoms with van der Waals surface area (Å²) >= 11 is 17.6. The van der Waals surface area contributed by atoms with Gasteiger partial charge in [-0.05, 0) is 30.3 Å². The number of nitrogens with zero attached hydrogens (tertiary/aromatic N) is 1. The largest absolute Gasteiger partial charge is 0.277 e. The van der Waals surface area contributed by atoms with Crippen molar-refractivity contribution >= 4 is 50.5 Å². The fourth-order valence-electron chi connectivity index (χ4n) is 1.57. The Kier molecular flexibility index (Phi) is 4.64. The lowest BCUT2D eigenvalue weighted by Gasteiger charge is -2.11. The lowest BCUT2D eigenvalue weighted by molar-refractivity contribution is 0.601. The molecule has 0 bridgehead atoms. The minimum Gasteiger partial charge on any atom is -0.277 e. The molecule has 0 spiro atoms. The summed E-state index contributed by atoms with van der Waals surface area (Å²) in [5.74, 6) is 0. The third kappa shape index (κ3) is 3.60. The first-order valence-corrected chi connectivity index (χ1v) is 8.13. The Balaban J connectivity index is 2.45. The summed E-state index contributed by atoms with van der Waals surface area (Å²) in [5.41, 5.74) is 0.260. The Bertz CT molecular complexity index is 822. The van der Waals surface area contributed by atoms with E-state index >= 15 is 0 Å². The molecule has 1 N–H and O–H groups in total. The summed E-state index contributed by atoms with van der Waals surface area (Å²) in [7, 11) is -3.92. The lowest BCUT2D eigenvalue weighted by atomic mass is 10.2. The van der Waals surface area contributed by atoms with Crippen molar-refractivity contribution in [1.82, 2.24) is 0 Å². The Labute approximate surface area is 136 Å². The number of sulfonamides is 1. The van der Waals surface area contributed by atoms with Gasteiger partial charge in [-0.3, -0.25) is 4.72 Å². The molecule has 2 rings (SSSR count). The number of halogens is 3. The highest BCUT2D eigenvalue weighted by molar-refractivity contribution is 7.92. The van der Waals surface area contributed by atoms with Gasteiger partial charge in [-0.2, -0.15) is 5.26 Å². The molecule has 0 atom stereocenters. The Morgan fingerprint density at radius 2 is 1.67 bits per heavy atom. The zero-order valence-corrected chi connectivity index (χ0v) is 13.4. The van der Waals surface area contributed by atoms with Crippen molar-refractivity contribution in [3.8, 4) is 6.07 Å². The molecule has 0 aliphatic carbocycles. The second-order valence-corrected chi connectivity index (χ2v) is 6.92. The van der Waals surface area contributed by atoms with Crippen LogP contribution in [0.1, 0.15) is 5.56 Å². The van der Waals surface area contributed by atoms with E-state index in [1.165, 1.54) is 36.4 Å². The Morgan fingerprint density at radius 1 is 1.05 bits per heavy atom. The van der Waals surface area contributed by atoms with Crippen LogP contribution in [0.15, 0.2) is 41.3 Å². The highest BCUT2D eigenvalue weighted by atomic mass is 35.5. The number of hydrogen-bond acceptors (Lipinski definition) is 3. The van der Waals surface area contributed by atoms with Crippen LogP contribution in [0.2, 0.25) is 15.1 Å². The summed E-state index contributed by atoms with van der Waals surface area (Å²) in [5, 5.41) is 9.26. The van der Waals surface area contributed by atoms with Gasteiger partial charge >= 0.3 is 0 Å². The molecule has 0 aliphatic heterocycles. The van der Waals surface area contributed by atoms with Gasteiger partial charge in [-0.1, -0.05) is 40.9 Å². The zero-order valence-electron chi connectivity index (χ0n) is 10.3. The van der Waals surface area contributed by atoms with Crippen LogP contribution in [0.5, 0.6) is 0 Å². The maximum atomic E-state index is 12.3. The van der Waals surface area contributed by atoms with E-state index in [1.807, 2.05) is 6.07 Å². The molecular formula is C13H7Cl3N2O2S. The van der Waals surface area contributed by atoms with Crippen LogP contribution in [-0.2, 0) is 10.0 Å². The fourth-order valence-corrected chi connectivity index (χ4v) is 3.74. The van der Waals surface area contributed by atoms with Crippen LogP contribution in [-0.4, -0.2) is 8.42 Å². The molecule has 0 unspecified atom stereocenters. The van der Waals surface area contributed by atoms with Crippen LogP contribution in [0.3, 0.4) is 0 Å². The molecule has 108 valence electrons. The number of rotatable bonds is 3. The standard InChI is InChI=1S/C13H7Cl3N2O2S/c14-9-5-11(15)13(12(16)6-9)18-21(19,20)10-3-1-2-8(4-10)7-17/h1-6,18H. The van der Waals surface area contributed by atoms with E-state index in [0.717, 1.165) is 0 Å². The zero-order chi connectivity index (χ0) is 15.6. The summed E-state index contributed by atoms with van der Waals surface area (Å²) in [4.78, 5) is -0.0661. The van der Waals surface area contributed by atoms with E-state index in [1.54, 1.807) is 0 Å². The monoisotopic (exact) mass is 360 g/mol. The van der Waals surface area contributed by atoms with Gasteiger partial charge in [-0.25, -0.2) is 8.42 Å². The molecule has 0 amide bonds. The SMILES string of the molecule is N#Cc1cccc(S(=O)(=O)Nc2c(Cl)cc(Cl)cc2Cl)c1. The topological polar surface area (TPSA) is 70.0 Å². The average molecular weight is 362 g/mol. The predicted molar refractivity (Wildman–Crippen MR) is 83.4 cm³/mol. The minimum atomic E-state index is -3.92. The second kappa shape index (κ2) is 6.12. The van der Waals surface area contributed by atoms with Crippen LogP contribution in [0, 0.1) is 11.3 Å². The number of hydrogen-bond donors (Lipinski definition) is 1. The molecule has 0 saturated heterocycles. The third-order valence-electron chi connectivity index (χ3n) is 2.52. The van der Waals surface area contributed by atoms with E-state index in [4.69, 9.17) is 40.1 Å². The molecule has 0 heterocycles. The summed E-state index contributed by atoms with van der Waals surface area (Å²) in [6, 6.07) is 10.2.